The van der Waals surface area contributed by atoms with Crippen molar-refractivity contribution >= 4 is 12.2 Å². The second kappa shape index (κ2) is 8.42. The van der Waals surface area contributed by atoms with E-state index in [-0.39, 0.29) is 16.9 Å². The van der Waals surface area contributed by atoms with Crippen LogP contribution in [0.3, 0.4) is 0 Å². The van der Waals surface area contributed by atoms with E-state index < -0.39 is 11.6 Å². The van der Waals surface area contributed by atoms with E-state index in [1.165, 1.54) is 6.07 Å². The highest BCUT2D eigenvalue weighted by Gasteiger charge is 2.13. The Kier molecular flexibility index (Phi) is 5.53. The lowest BCUT2D eigenvalue weighted by Crippen LogP contribution is -1.93. The lowest BCUT2D eigenvalue weighted by molar-refractivity contribution is 0.509. The van der Waals surface area contributed by atoms with E-state index in [1.807, 2.05) is 36.4 Å². The highest BCUT2D eigenvalue weighted by atomic mass is 19.2. The van der Waals surface area contributed by atoms with Crippen LogP contribution in [0.15, 0.2) is 84.9 Å². The van der Waals surface area contributed by atoms with Gasteiger partial charge in [-0.05, 0) is 40.8 Å². The molecule has 4 rings (SSSR count). The minimum atomic E-state index is -0.876. The molecule has 0 amide bonds. The lowest BCUT2D eigenvalue weighted by Gasteiger charge is -2.07. The minimum absolute atomic E-state index is 0.178. The summed E-state index contributed by atoms with van der Waals surface area (Å²) < 4.78 is 42.9. The van der Waals surface area contributed by atoms with Crippen molar-refractivity contribution in [2.45, 2.75) is 6.92 Å². The molecule has 4 aromatic rings. The molecule has 148 valence electrons. The Morgan fingerprint density at radius 1 is 0.600 bits per heavy atom. The van der Waals surface area contributed by atoms with E-state index >= 15 is 0 Å². The summed E-state index contributed by atoms with van der Waals surface area (Å²) in [5, 5.41) is 0. The molecule has 4 aromatic carbocycles. The number of rotatable bonds is 4. The number of hydrogen-bond donors (Lipinski definition) is 0. The number of hydrogen-bond acceptors (Lipinski definition) is 0. The summed E-state index contributed by atoms with van der Waals surface area (Å²) >= 11 is 0. The molecule has 0 heterocycles. The van der Waals surface area contributed by atoms with Crippen molar-refractivity contribution in [3.8, 4) is 22.3 Å². The Hall–Kier alpha value is -3.59. The first-order chi connectivity index (χ1) is 14.5. The number of halogens is 3. The summed E-state index contributed by atoms with van der Waals surface area (Å²) in [6.07, 6.45) is 3.27. The average molecular weight is 400 g/mol. The van der Waals surface area contributed by atoms with Crippen molar-refractivity contribution in [3.05, 3.63) is 119 Å². The van der Waals surface area contributed by atoms with Crippen molar-refractivity contribution in [1.29, 1.82) is 0 Å². The van der Waals surface area contributed by atoms with Crippen molar-refractivity contribution in [2.24, 2.45) is 0 Å². The first-order valence-corrected chi connectivity index (χ1v) is 9.61. The molecule has 0 fully saturated rings. The molecule has 0 aromatic heterocycles. The molecule has 0 aliphatic rings. The molecule has 0 N–H and O–H groups in total. The maximum absolute atomic E-state index is 14.5. The van der Waals surface area contributed by atoms with Crippen LogP contribution in [0.1, 0.15) is 16.7 Å². The highest BCUT2D eigenvalue weighted by Crippen LogP contribution is 2.27. The molecule has 3 heteroatoms. The predicted molar refractivity (Wildman–Crippen MR) is 117 cm³/mol. The standard InChI is InChI=1S/C27H19F3/c1-18-7-11-23(17-25(18)28)20-12-8-19(9-13-20)10-14-22-15-16-24(27(30)26(22)29)21-5-3-2-4-6-21/h2-17H,1H3. The highest BCUT2D eigenvalue weighted by molar-refractivity contribution is 5.74. The second-order valence-corrected chi connectivity index (χ2v) is 7.12. The fourth-order valence-corrected chi connectivity index (χ4v) is 3.28. The van der Waals surface area contributed by atoms with Gasteiger partial charge in [-0.15, -0.1) is 0 Å². The average Bonchev–Trinajstić information content (AvgIpc) is 2.78. The van der Waals surface area contributed by atoms with Crippen molar-refractivity contribution in [3.63, 3.8) is 0 Å². The fraction of sp³-hybridized carbons (Fsp3) is 0.0370. The smallest absolute Gasteiger partial charge is 0.167 e. The largest absolute Gasteiger partial charge is 0.207 e. The third kappa shape index (κ3) is 4.06. The van der Waals surface area contributed by atoms with Crippen LogP contribution >= 0.6 is 0 Å². The Balaban J connectivity index is 1.56. The van der Waals surface area contributed by atoms with Gasteiger partial charge in [-0.3, -0.25) is 0 Å². The second-order valence-electron chi connectivity index (χ2n) is 7.12. The van der Waals surface area contributed by atoms with E-state index in [9.17, 15) is 13.2 Å². The number of benzene rings is 4. The van der Waals surface area contributed by atoms with Crippen molar-refractivity contribution in [2.75, 3.05) is 0 Å². The van der Waals surface area contributed by atoms with Gasteiger partial charge in [0.2, 0.25) is 0 Å². The lowest BCUT2D eigenvalue weighted by atomic mass is 10.0. The van der Waals surface area contributed by atoms with Crippen LogP contribution in [-0.2, 0) is 0 Å². The molecule has 0 radical (unpaired) electrons. The molecule has 0 saturated heterocycles. The van der Waals surface area contributed by atoms with Crippen LogP contribution in [0.2, 0.25) is 0 Å². The molecular formula is C27H19F3. The van der Waals surface area contributed by atoms with Gasteiger partial charge >= 0.3 is 0 Å². The van der Waals surface area contributed by atoms with Crippen LogP contribution in [0.5, 0.6) is 0 Å². The SMILES string of the molecule is Cc1ccc(-c2ccc(C=Cc3ccc(-c4ccccc4)c(F)c3F)cc2)cc1F. The molecule has 0 unspecified atom stereocenters. The van der Waals surface area contributed by atoms with Crippen LogP contribution in [0.25, 0.3) is 34.4 Å². The molecule has 30 heavy (non-hydrogen) atoms. The third-order valence-corrected chi connectivity index (χ3v) is 5.07. The molecular weight excluding hydrogens is 381 g/mol. The normalized spacial score (nSPS) is 11.2. The summed E-state index contributed by atoms with van der Waals surface area (Å²) in [6.45, 7) is 1.72. The third-order valence-electron chi connectivity index (χ3n) is 5.07. The first-order valence-electron chi connectivity index (χ1n) is 9.61. The van der Waals surface area contributed by atoms with Crippen LogP contribution in [-0.4, -0.2) is 0 Å². The van der Waals surface area contributed by atoms with Gasteiger partial charge in [-0.2, -0.15) is 0 Å². The van der Waals surface area contributed by atoms with E-state index in [0.717, 1.165) is 16.7 Å². The van der Waals surface area contributed by atoms with E-state index in [0.29, 0.717) is 11.1 Å². The number of aryl methyl sites for hydroxylation is 1. The minimum Gasteiger partial charge on any atom is -0.207 e. The summed E-state index contributed by atoms with van der Waals surface area (Å²) in [6, 6.07) is 24.6. The topological polar surface area (TPSA) is 0 Å². The Morgan fingerprint density at radius 3 is 2.00 bits per heavy atom. The van der Waals surface area contributed by atoms with Gasteiger partial charge in [-0.1, -0.05) is 91.0 Å². The fourth-order valence-electron chi connectivity index (χ4n) is 3.28. The Morgan fingerprint density at radius 2 is 1.30 bits per heavy atom. The monoisotopic (exact) mass is 400 g/mol. The van der Waals surface area contributed by atoms with Gasteiger partial charge in [0, 0.05) is 11.1 Å². The molecule has 0 spiro atoms. The van der Waals surface area contributed by atoms with Gasteiger partial charge in [0.25, 0.3) is 0 Å². The summed E-state index contributed by atoms with van der Waals surface area (Å²) in [5.74, 6) is -1.98. The Bertz CT molecular complexity index is 1210. The van der Waals surface area contributed by atoms with E-state index in [4.69, 9.17) is 0 Å². The maximum Gasteiger partial charge on any atom is 0.167 e. The first kappa shape index (κ1) is 19.7. The van der Waals surface area contributed by atoms with Crippen molar-refractivity contribution < 1.29 is 13.2 Å². The van der Waals surface area contributed by atoms with Crippen LogP contribution in [0, 0.1) is 24.4 Å². The molecule has 0 nitrogen and oxygen atoms in total. The van der Waals surface area contributed by atoms with Crippen LogP contribution < -0.4 is 0 Å². The van der Waals surface area contributed by atoms with Crippen LogP contribution in [0.4, 0.5) is 13.2 Å². The van der Waals surface area contributed by atoms with Gasteiger partial charge in [0.1, 0.15) is 5.82 Å². The summed E-state index contributed by atoms with van der Waals surface area (Å²) in [5.41, 5.74) is 4.15. The van der Waals surface area contributed by atoms with Gasteiger partial charge in [-0.25, -0.2) is 13.2 Å². The molecule has 0 aliphatic carbocycles. The Labute approximate surface area is 174 Å². The zero-order chi connectivity index (χ0) is 21.1. The molecule has 0 aliphatic heterocycles. The maximum atomic E-state index is 14.5. The van der Waals surface area contributed by atoms with E-state index in [2.05, 4.69) is 0 Å². The van der Waals surface area contributed by atoms with Gasteiger partial charge in [0.05, 0.1) is 0 Å². The summed E-state index contributed by atoms with van der Waals surface area (Å²) in [4.78, 5) is 0. The zero-order valence-corrected chi connectivity index (χ0v) is 16.4. The zero-order valence-electron chi connectivity index (χ0n) is 16.4. The van der Waals surface area contributed by atoms with E-state index in [1.54, 1.807) is 61.5 Å². The summed E-state index contributed by atoms with van der Waals surface area (Å²) in [7, 11) is 0. The molecule has 0 saturated carbocycles. The van der Waals surface area contributed by atoms with Gasteiger partial charge < -0.3 is 0 Å². The predicted octanol–water partition coefficient (Wildman–Crippen LogP) is 7.92. The quantitative estimate of drug-likeness (QED) is 0.305. The molecule has 0 bridgehead atoms. The molecule has 0 atom stereocenters. The van der Waals surface area contributed by atoms with Crippen molar-refractivity contribution in [1.82, 2.24) is 0 Å². The van der Waals surface area contributed by atoms with Gasteiger partial charge in [0.15, 0.2) is 11.6 Å².